The molecular formula is C20H24O4. The van der Waals surface area contributed by atoms with Gasteiger partial charge in [0, 0.05) is 6.42 Å². The van der Waals surface area contributed by atoms with E-state index in [1.807, 2.05) is 6.08 Å². The van der Waals surface area contributed by atoms with E-state index in [0.717, 1.165) is 31.1 Å². The highest BCUT2D eigenvalue weighted by Crippen LogP contribution is 2.60. The summed E-state index contributed by atoms with van der Waals surface area (Å²) in [5, 5.41) is 0. The van der Waals surface area contributed by atoms with E-state index in [1.54, 1.807) is 13.0 Å². The first-order valence-electron chi connectivity index (χ1n) is 8.58. The number of ether oxygens (including phenoxy) is 1. The highest BCUT2D eigenvalue weighted by molar-refractivity contribution is 5.99. The van der Waals surface area contributed by atoms with E-state index in [9.17, 15) is 14.4 Å². The number of esters is 1. The van der Waals surface area contributed by atoms with Gasteiger partial charge < -0.3 is 9.53 Å². The van der Waals surface area contributed by atoms with Crippen molar-refractivity contribution in [2.45, 2.75) is 46.0 Å². The van der Waals surface area contributed by atoms with Gasteiger partial charge in [0.15, 0.2) is 0 Å². The van der Waals surface area contributed by atoms with Crippen LogP contribution in [0.15, 0.2) is 36.1 Å². The maximum absolute atomic E-state index is 12.4. The molecule has 1 heterocycles. The Morgan fingerprint density at radius 3 is 2.71 bits per heavy atom. The predicted octanol–water partition coefficient (Wildman–Crippen LogP) is 3.53. The Morgan fingerprint density at radius 1 is 1.33 bits per heavy atom. The first-order valence-corrected chi connectivity index (χ1v) is 8.58. The third-order valence-electron chi connectivity index (χ3n) is 6.53. The molecule has 0 aromatic rings. The molecule has 24 heavy (non-hydrogen) atoms. The number of hydrogen-bond donors (Lipinski definition) is 0. The van der Waals surface area contributed by atoms with Gasteiger partial charge in [-0.1, -0.05) is 25.2 Å². The summed E-state index contributed by atoms with van der Waals surface area (Å²) in [6.07, 6.45) is 9.38. The molecule has 0 bridgehead atoms. The molecule has 3 rings (SSSR count). The van der Waals surface area contributed by atoms with Crippen LogP contribution in [-0.4, -0.2) is 18.0 Å². The number of Topliss-reactive ketones (excluding diaryl/α,β-unsaturated/α-hetero) is 1. The molecule has 3 aliphatic rings. The van der Waals surface area contributed by atoms with Gasteiger partial charge in [-0.2, -0.15) is 0 Å². The lowest BCUT2D eigenvalue weighted by Crippen LogP contribution is -2.55. The fraction of sp³-hybridized carbons (Fsp3) is 0.550. The fourth-order valence-electron chi connectivity index (χ4n) is 5.01. The van der Waals surface area contributed by atoms with Gasteiger partial charge in [-0.3, -0.25) is 4.79 Å². The van der Waals surface area contributed by atoms with Crippen LogP contribution in [0, 0.1) is 22.7 Å². The van der Waals surface area contributed by atoms with Crippen LogP contribution in [0.2, 0.25) is 0 Å². The minimum atomic E-state index is -0.898. The van der Waals surface area contributed by atoms with Gasteiger partial charge in [-0.05, 0) is 55.9 Å². The molecule has 0 saturated heterocycles. The predicted molar refractivity (Wildman–Crippen MR) is 89.8 cm³/mol. The summed E-state index contributed by atoms with van der Waals surface area (Å²) in [5.41, 5.74) is 0.676. The summed E-state index contributed by atoms with van der Waals surface area (Å²) in [7, 11) is 0. The minimum absolute atomic E-state index is 0.0312. The Hall–Kier alpha value is -1.97. The molecule has 0 spiro atoms. The maximum Gasteiger partial charge on any atom is 0.342 e. The van der Waals surface area contributed by atoms with E-state index in [4.69, 9.17) is 4.74 Å². The fourth-order valence-corrected chi connectivity index (χ4v) is 5.01. The lowest BCUT2D eigenvalue weighted by atomic mass is 9.46. The lowest BCUT2D eigenvalue weighted by molar-refractivity contribution is -0.151. The van der Waals surface area contributed by atoms with Gasteiger partial charge in [0.05, 0.1) is 17.3 Å². The van der Waals surface area contributed by atoms with Crippen molar-refractivity contribution in [1.82, 2.24) is 0 Å². The minimum Gasteiger partial charge on any atom is -0.431 e. The van der Waals surface area contributed by atoms with Gasteiger partial charge in [0.2, 0.25) is 0 Å². The maximum atomic E-state index is 12.4. The number of hydrogen-bond acceptors (Lipinski definition) is 4. The van der Waals surface area contributed by atoms with Crippen LogP contribution < -0.4 is 0 Å². The Labute approximate surface area is 142 Å². The number of fused-ring (bicyclic) bond motifs is 1. The molecule has 2 fully saturated rings. The van der Waals surface area contributed by atoms with Gasteiger partial charge in [0.1, 0.15) is 12.1 Å². The molecule has 4 nitrogen and oxygen atoms in total. The molecule has 0 radical (unpaired) electrons. The molecule has 128 valence electrons. The summed E-state index contributed by atoms with van der Waals surface area (Å²) in [6.45, 7) is 8.23. The van der Waals surface area contributed by atoms with Gasteiger partial charge >= 0.3 is 5.97 Å². The SMILES string of the molecule is C=C1CCC2[C@@](C)(CCC(=O)[C@@]2(C)C=O)C1C/C=C1\C=COC1=O. The monoisotopic (exact) mass is 328 g/mol. The van der Waals surface area contributed by atoms with Crippen LogP contribution in [0.1, 0.15) is 46.0 Å². The van der Waals surface area contributed by atoms with E-state index in [2.05, 4.69) is 13.5 Å². The van der Waals surface area contributed by atoms with Crippen molar-refractivity contribution in [1.29, 1.82) is 0 Å². The number of aldehydes is 1. The van der Waals surface area contributed by atoms with Crippen LogP contribution >= 0.6 is 0 Å². The largest absolute Gasteiger partial charge is 0.431 e. The average Bonchev–Trinajstić information content (AvgIpc) is 2.96. The smallest absolute Gasteiger partial charge is 0.342 e. The standard InChI is InChI=1S/C20H24O4/c1-13-4-7-16-19(2,10-8-17(22)20(16,3)12-21)15(13)6-5-14-9-11-24-18(14)23/h5,9,11-12,15-16H,1,4,6-8,10H2,2-3H3/b14-5+/t15?,16?,19-,20-/m0/s1. The van der Waals surface area contributed by atoms with Gasteiger partial charge in [0.25, 0.3) is 0 Å². The van der Waals surface area contributed by atoms with Gasteiger partial charge in [-0.25, -0.2) is 4.79 Å². The molecule has 4 heteroatoms. The van der Waals surface area contributed by atoms with Crippen LogP contribution in [0.5, 0.6) is 0 Å². The second-order valence-electron chi connectivity index (χ2n) is 7.73. The summed E-state index contributed by atoms with van der Waals surface area (Å²) in [4.78, 5) is 35.8. The Kier molecular flexibility index (Phi) is 4.10. The summed E-state index contributed by atoms with van der Waals surface area (Å²) in [6, 6.07) is 0. The average molecular weight is 328 g/mol. The normalized spacial score (nSPS) is 40.6. The first-order chi connectivity index (χ1) is 11.3. The van der Waals surface area contributed by atoms with Crippen molar-refractivity contribution in [3.63, 3.8) is 0 Å². The second kappa shape index (κ2) is 5.83. The van der Waals surface area contributed by atoms with Crippen molar-refractivity contribution < 1.29 is 19.1 Å². The molecule has 0 aromatic heterocycles. The molecular weight excluding hydrogens is 304 g/mol. The number of ketones is 1. The zero-order chi connectivity index (χ0) is 17.5. The third-order valence-corrected chi connectivity index (χ3v) is 6.53. The van der Waals surface area contributed by atoms with E-state index in [-0.39, 0.29) is 29.0 Å². The molecule has 2 aliphatic carbocycles. The van der Waals surface area contributed by atoms with E-state index >= 15 is 0 Å². The van der Waals surface area contributed by atoms with Crippen LogP contribution in [0.4, 0.5) is 0 Å². The van der Waals surface area contributed by atoms with E-state index in [1.165, 1.54) is 6.26 Å². The van der Waals surface area contributed by atoms with Crippen molar-refractivity contribution in [2.24, 2.45) is 22.7 Å². The van der Waals surface area contributed by atoms with Crippen molar-refractivity contribution in [3.8, 4) is 0 Å². The molecule has 2 unspecified atom stereocenters. The van der Waals surface area contributed by atoms with Gasteiger partial charge in [-0.15, -0.1) is 0 Å². The lowest BCUT2D eigenvalue weighted by Gasteiger charge is -2.56. The third kappa shape index (κ3) is 2.40. The number of cyclic esters (lactones) is 1. The number of rotatable bonds is 3. The Bertz CT molecular complexity index is 671. The highest BCUT2D eigenvalue weighted by Gasteiger charge is 2.57. The molecule has 2 saturated carbocycles. The highest BCUT2D eigenvalue weighted by atomic mass is 16.5. The number of allylic oxidation sites excluding steroid dienone is 2. The molecule has 0 N–H and O–H groups in total. The first kappa shape index (κ1) is 16.9. The molecule has 0 amide bonds. The summed E-state index contributed by atoms with van der Waals surface area (Å²) in [5.74, 6) is -0.0665. The Morgan fingerprint density at radius 2 is 2.08 bits per heavy atom. The van der Waals surface area contributed by atoms with Crippen LogP contribution in [0.25, 0.3) is 0 Å². The quantitative estimate of drug-likeness (QED) is 0.261. The Balaban J connectivity index is 1.92. The number of carbonyl (C=O) groups is 3. The topological polar surface area (TPSA) is 60.4 Å². The summed E-state index contributed by atoms with van der Waals surface area (Å²) < 4.78 is 4.83. The number of carbonyl (C=O) groups excluding carboxylic acids is 3. The molecule has 4 atom stereocenters. The molecule has 1 aliphatic heterocycles. The zero-order valence-corrected chi connectivity index (χ0v) is 14.3. The van der Waals surface area contributed by atoms with Crippen molar-refractivity contribution in [2.75, 3.05) is 0 Å². The van der Waals surface area contributed by atoms with E-state index in [0.29, 0.717) is 18.4 Å². The van der Waals surface area contributed by atoms with Crippen LogP contribution in [-0.2, 0) is 19.1 Å². The van der Waals surface area contributed by atoms with Crippen molar-refractivity contribution >= 4 is 18.0 Å². The second-order valence-corrected chi connectivity index (χ2v) is 7.73. The van der Waals surface area contributed by atoms with E-state index < -0.39 is 5.41 Å². The van der Waals surface area contributed by atoms with Crippen LogP contribution in [0.3, 0.4) is 0 Å². The van der Waals surface area contributed by atoms with Crippen molar-refractivity contribution in [3.05, 3.63) is 36.1 Å². The zero-order valence-electron chi connectivity index (χ0n) is 14.3. The summed E-state index contributed by atoms with van der Waals surface area (Å²) >= 11 is 0. The molecule has 0 aromatic carbocycles.